The van der Waals surface area contributed by atoms with Crippen molar-refractivity contribution >= 4 is 29.2 Å². The van der Waals surface area contributed by atoms with Gasteiger partial charge in [0, 0.05) is 5.56 Å². The van der Waals surface area contributed by atoms with Crippen LogP contribution in [0.25, 0.3) is 5.69 Å². The molecule has 0 atom stereocenters. The quantitative estimate of drug-likeness (QED) is 0.770. The van der Waals surface area contributed by atoms with Crippen molar-refractivity contribution < 1.29 is 14.7 Å². The smallest absolute Gasteiger partial charge is 0.358 e. The van der Waals surface area contributed by atoms with Crippen LogP contribution in [0.1, 0.15) is 20.8 Å². The Bertz CT molecular complexity index is 681. The monoisotopic (exact) mass is 280 g/mol. The third-order valence-corrected chi connectivity index (χ3v) is 2.73. The average molecular weight is 281 g/mol. The molecule has 1 heterocycles. The first-order valence-electron chi connectivity index (χ1n) is 5.08. The van der Waals surface area contributed by atoms with Crippen LogP contribution in [0.5, 0.6) is 0 Å². The molecule has 0 bridgehead atoms. The number of carbonyl (C=O) groups is 2. The maximum atomic E-state index is 11.0. The van der Waals surface area contributed by atoms with Crippen molar-refractivity contribution in [3.8, 4) is 5.69 Å². The molecule has 7 nitrogen and oxygen atoms in total. The first kappa shape index (κ1) is 12.9. The number of carbonyl (C=O) groups excluding carboxylic acids is 1. The number of rotatable bonds is 3. The molecule has 2 aromatic rings. The minimum atomic E-state index is -1.24. The molecular weight excluding hydrogens is 272 g/mol. The number of hydrogen-bond acceptors (Lipinski definition) is 4. The number of carboxylic acid groups (broad SMARTS) is 1. The van der Waals surface area contributed by atoms with E-state index in [9.17, 15) is 9.59 Å². The van der Waals surface area contributed by atoms with E-state index in [-0.39, 0.29) is 22.0 Å². The van der Waals surface area contributed by atoms with Crippen LogP contribution in [0.2, 0.25) is 5.02 Å². The van der Waals surface area contributed by atoms with Crippen molar-refractivity contribution in [3.63, 3.8) is 0 Å². The zero-order valence-corrected chi connectivity index (χ0v) is 10.3. The van der Waals surface area contributed by atoms with Crippen LogP contribution >= 0.6 is 11.6 Å². The number of nitrogen functional groups attached to an aromatic ring is 1. The van der Waals surface area contributed by atoms with Gasteiger partial charge in [-0.25, -0.2) is 9.48 Å². The highest BCUT2D eigenvalue weighted by Crippen LogP contribution is 2.23. The van der Waals surface area contributed by atoms with E-state index in [1.807, 2.05) is 0 Å². The van der Waals surface area contributed by atoms with Gasteiger partial charge in [0.1, 0.15) is 0 Å². The maximum absolute atomic E-state index is 11.0. The van der Waals surface area contributed by atoms with Gasteiger partial charge >= 0.3 is 5.97 Å². The lowest BCUT2D eigenvalue weighted by molar-refractivity contribution is 0.0691. The summed E-state index contributed by atoms with van der Waals surface area (Å²) < 4.78 is 1.23. The highest BCUT2D eigenvalue weighted by molar-refractivity contribution is 6.32. The van der Waals surface area contributed by atoms with Crippen molar-refractivity contribution in [2.24, 2.45) is 5.73 Å². The Labute approximate surface area is 112 Å². The lowest BCUT2D eigenvalue weighted by Gasteiger charge is -2.05. The fourth-order valence-corrected chi connectivity index (χ4v) is 1.79. The van der Waals surface area contributed by atoms with Crippen LogP contribution in [0.4, 0.5) is 5.69 Å². The zero-order chi connectivity index (χ0) is 14.2. The molecule has 0 unspecified atom stereocenters. The second-order valence-corrected chi connectivity index (χ2v) is 4.12. The summed E-state index contributed by atoms with van der Waals surface area (Å²) in [7, 11) is 0. The van der Waals surface area contributed by atoms with E-state index in [2.05, 4.69) is 5.10 Å². The lowest BCUT2D eigenvalue weighted by Crippen LogP contribution is -2.11. The average Bonchev–Trinajstić information content (AvgIpc) is 2.71. The first-order chi connectivity index (χ1) is 8.90. The summed E-state index contributed by atoms with van der Waals surface area (Å²) >= 11 is 5.99. The summed E-state index contributed by atoms with van der Waals surface area (Å²) in [5, 5.41) is 12.9. The maximum Gasteiger partial charge on any atom is 0.358 e. The molecule has 0 saturated carbocycles. The van der Waals surface area contributed by atoms with Crippen LogP contribution in [0.3, 0.4) is 0 Å². The number of nitrogens with two attached hydrogens (primary N) is 2. The van der Waals surface area contributed by atoms with Crippen molar-refractivity contribution in [3.05, 3.63) is 40.7 Å². The van der Waals surface area contributed by atoms with Crippen molar-refractivity contribution in [1.29, 1.82) is 0 Å². The number of hydrogen-bond donors (Lipinski definition) is 3. The number of anilines is 1. The van der Waals surface area contributed by atoms with E-state index in [0.29, 0.717) is 5.69 Å². The Kier molecular flexibility index (Phi) is 3.14. The summed E-state index contributed by atoms with van der Waals surface area (Å²) in [5.41, 5.74) is 11.0. The van der Waals surface area contributed by atoms with Gasteiger partial charge in [0.15, 0.2) is 5.69 Å². The van der Waals surface area contributed by atoms with Crippen LogP contribution in [0.15, 0.2) is 24.4 Å². The molecule has 0 spiro atoms. The fourth-order valence-electron chi connectivity index (χ4n) is 1.52. The van der Waals surface area contributed by atoms with E-state index in [0.717, 1.165) is 0 Å². The molecule has 0 aliphatic rings. The van der Waals surface area contributed by atoms with Crippen molar-refractivity contribution in [1.82, 2.24) is 9.78 Å². The molecule has 0 saturated heterocycles. The van der Waals surface area contributed by atoms with Gasteiger partial charge in [-0.1, -0.05) is 11.6 Å². The highest BCUT2D eigenvalue weighted by atomic mass is 35.5. The molecule has 2 rings (SSSR count). The zero-order valence-electron chi connectivity index (χ0n) is 9.50. The number of primary amides is 1. The Balaban J connectivity index is 2.50. The van der Waals surface area contributed by atoms with Gasteiger partial charge in [-0.3, -0.25) is 4.79 Å². The van der Waals surface area contributed by atoms with Crippen molar-refractivity contribution in [2.45, 2.75) is 0 Å². The second kappa shape index (κ2) is 4.62. The van der Waals surface area contributed by atoms with Gasteiger partial charge in [0.2, 0.25) is 5.91 Å². The second-order valence-electron chi connectivity index (χ2n) is 3.71. The molecule has 1 aromatic carbocycles. The van der Waals surface area contributed by atoms with Gasteiger partial charge in [-0.05, 0) is 18.2 Å². The predicted molar refractivity (Wildman–Crippen MR) is 68.5 cm³/mol. The third kappa shape index (κ3) is 2.36. The van der Waals surface area contributed by atoms with E-state index in [1.54, 1.807) is 0 Å². The van der Waals surface area contributed by atoms with Crippen molar-refractivity contribution in [2.75, 3.05) is 5.73 Å². The number of halogens is 1. The van der Waals surface area contributed by atoms with E-state index < -0.39 is 11.9 Å². The normalized spacial score (nSPS) is 10.4. The fraction of sp³-hybridized carbons (Fsp3) is 0. The minimum absolute atomic E-state index is 0.0162. The Hall–Kier alpha value is -2.54. The molecule has 98 valence electrons. The Morgan fingerprint density at radius 2 is 2.05 bits per heavy atom. The molecule has 5 N–H and O–H groups in total. The van der Waals surface area contributed by atoms with E-state index >= 15 is 0 Å². The lowest BCUT2D eigenvalue weighted by atomic mass is 10.2. The van der Waals surface area contributed by atoms with Gasteiger partial charge in [0.25, 0.3) is 0 Å². The Morgan fingerprint density at radius 3 is 2.53 bits per heavy atom. The third-order valence-electron chi connectivity index (χ3n) is 2.42. The molecule has 0 fully saturated rings. The van der Waals surface area contributed by atoms with E-state index in [1.165, 1.54) is 29.1 Å². The topological polar surface area (TPSA) is 124 Å². The number of amides is 1. The molecule has 0 aliphatic heterocycles. The molecule has 1 amide bonds. The number of benzene rings is 1. The number of aromatic nitrogens is 2. The largest absolute Gasteiger partial charge is 0.476 e. The summed E-state index contributed by atoms with van der Waals surface area (Å²) in [6.07, 6.45) is 1.33. The van der Waals surface area contributed by atoms with Gasteiger partial charge in [0.05, 0.1) is 22.6 Å². The predicted octanol–water partition coefficient (Wildman–Crippen LogP) is 0.905. The summed E-state index contributed by atoms with van der Waals surface area (Å²) in [4.78, 5) is 21.8. The first-order valence-corrected chi connectivity index (χ1v) is 5.46. The Morgan fingerprint density at radius 1 is 1.37 bits per heavy atom. The van der Waals surface area contributed by atoms with Crippen LogP contribution < -0.4 is 11.5 Å². The summed E-state index contributed by atoms with van der Waals surface area (Å²) in [5.74, 6) is -1.85. The molecular formula is C11H9ClN4O3. The van der Waals surface area contributed by atoms with Gasteiger partial charge in [-0.2, -0.15) is 5.10 Å². The van der Waals surface area contributed by atoms with E-state index in [4.69, 9.17) is 28.2 Å². The molecule has 19 heavy (non-hydrogen) atoms. The molecule has 8 heteroatoms. The van der Waals surface area contributed by atoms with Crippen LogP contribution in [-0.4, -0.2) is 26.8 Å². The standard InChI is InChI=1S/C11H9ClN4O3/c12-6-3-5(10(14)17)1-2-8(6)16-4-7(13)9(15-16)11(18)19/h1-4H,13H2,(H2,14,17)(H,18,19). The SMILES string of the molecule is NC(=O)c1ccc(-n2cc(N)c(C(=O)O)n2)c(Cl)c1. The number of nitrogens with zero attached hydrogens (tertiary/aromatic N) is 2. The summed E-state index contributed by atoms with van der Waals surface area (Å²) in [6.45, 7) is 0. The van der Waals surface area contributed by atoms with Gasteiger partial charge in [-0.15, -0.1) is 0 Å². The van der Waals surface area contributed by atoms with Gasteiger partial charge < -0.3 is 16.6 Å². The number of carboxylic acids is 1. The van der Waals surface area contributed by atoms with Crippen LogP contribution in [0, 0.1) is 0 Å². The minimum Gasteiger partial charge on any atom is -0.476 e. The molecule has 0 radical (unpaired) electrons. The van der Waals surface area contributed by atoms with Crippen LogP contribution in [-0.2, 0) is 0 Å². The highest BCUT2D eigenvalue weighted by Gasteiger charge is 2.15. The number of aromatic carboxylic acids is 1. The molecule has 1 aromatic heterocycles. The molecule has 0 aliphatic carbocycles. The summed E-state index contributed by atoms with van der Waals surface area (Å²) in [6, 6.07) is 4.33.